The molecule has 0 spiro atoms. The summed E-state index contributed by atoms with van der Waals surface area (Å²) in [7, 11) is 0. The number of benzene rings is 1. The lowest BCUT2D eigenvalue weighted by molar-refractivity contribution is -0.144. The molecule has 0 aliphatic carbocycles. The number of hydrogen-bond donors (Lipinski definition) is 0. The van der Waals surface area contributed by atoms with Gasteiger partial charge in [-0.3, -0.25) is 14.5 Å². The van der Waals surface area contributed by atoms with Crippen molar-refractivity contribution >= 4 is 38.9 Å². The molecule has 2 aromatic rings. The number of rotatable bonds is 6. The lowest BCUT2D eigenvalue weighted by atomic mass is 10.1. The lowest BCUT2D eigenvalue weighted by Gasteiger charge is -2.37. The summed E-state index contributed by atoms with van der Waals surface area (Å²) in [4.78, 5) is 32.2. The molecule has 1 aromatic carbocycles. The van der Waals surface area contributed by atoms with Crippen LogP contribution in [-0.2, 0) is 9.59 Å². The van der Waals surface area contributed by atoms with Crippen LogP contribution in [0.5, 0.6) is 0 Å². The van der Waals surface area contributed by atoms with Crippen LogP contribution >= 0.6 is 11.3 Å². The summed E-state index contributed by atoms with van der Waals surface area (Å²) in [6.45, 7) is 9.35. The van der Waals surface area contributed by atoms with Gasteiger partial charge in [-0.05, 0) is 43.0 Å². The quantitative estimate of drug-likeness (QED) is 0.682. The third-order valence-corrected chi connectivity index (χ3v) is 6.98. The average Bonchev–Trinajstić information content (AvgIpc) is 3.21. The summed E-state index contributed by atoms with van der Waals surface area (Å²) in [5, 5.41) is 3.55. The summed E-state index contributed by atoms with van der Waals surface area (Å²) in [6, 6.07) is 8.84. The van der Waals surface area contributed by atoms with Gasteiger partial charge in [-0.15, -0.1) is 11.3 Å². The number of fused-ring (bicyclic) bond motifs is 1. The number of unbranched alkanes of at least 4 members (excludes halogenated alkanes) is 1. The molecule has 156 valence electrons. The molecular weight excluding hydrogens is 384 g/mol. The molecule has 3 heterocycles. The molecular formula is C22H30N4O2S. The Morgan fingerprint density at radius 2 is 1.79 bits per heavy atom. The molecule has 2 amide bonds. The summed E-state index contributed by atoms with van der Waals surface area (Å²) in [5.41, 5.74) is 1.37. The van der Waals surface area contributed by atoms with Gasteiger partial charge in [-0.25, -0.2) is 0 Å². The van der Waals surface area contributed by atoms with Crippen molar-refractivity contribution in [2.45, 2.75) is 19.8 Å². The first kappa shape index (κ1) is 20.2. The van der Waals surface area contributed by atoms with E-state index in [9.17, 15) is 9.59 Å². The van der Waals surface area contributed by atoms with Crippen molar-refractivity contribution in [2.24, 2.45) is 0 Å². The Morgan fingerprint density at radius 3 is 2.55 bits per heavy atom. The van der Waals surface area contributed by atoms with Gasteiger partial charge in [-0.2, -0.15) is 0 Å². The van der Waals surface area contributed by atoms with Gasteiger partial charge in [0.2, 0.25) is 11.8 Å². The number of nitrogens with zero attached hydrogens (tertiary/aromatic N) is 4. The molecule has 0 atom stereocenters. The zero-order valence-electron chi connectivity index (χ0n) is 17.2. The van der Waals surface area contributed by atoms with Crippen molar-refractivity contribution in [2.75, 3.05) is 63.8 Å². The predicted molar refractivity (Wildman–Crippen MR) is 119 cm³/mol. The molecule has 2 saturated heterocycles. The number of amides is 2. The van der Waals surface area contributed by atoms with Gasteiger partial charge < -0.3 is 14.7 Å². The van der Waals surface area contributed by atoms with E-state index in [-0.39, 0.29) is 18.4 Å². The monoisotopic (exact) mass is 414 g/mol. The van der Waals surface area contributed by atoms with E-state index in [0.717, 1.165) is 52.1 Å². The van der Waals surface area contributed by atoms with E-state index >= 15 is 0 Å². The second kappa shape index (κ2) is 9.13. The number of carbonyl (C=O) groups is 2. The van der Waals surface area contributed by atoms with Crippen LogP contribution in [0.25, 0.3) is 10.1 Å². The molecule has 4 rings (SSSR count). The fourth-order valence-corrected chi connectivity index (χ4v) is 5.13. The van der Waals surface area contributed by atoms with Crippen LogP contribution in [0.2, 0.25) is 0 Å². The maximum atomic E-state index is 12.2. The molecule has 7 heteroatoms. The summed E-state index contributed by atoms with van der Waals surface area (Å²) in [5.74, 6) is 0.0787. The van der Waals surface area contributed by atoms with E-state index in [2.05, 4.69) is 39.4 Å². The molecule has 6 nitrogen and oxygen atoms in total. The Hall–Kier alpha value is -2.12. The highest BCUT2D eigenvalue weighted by Crippen LogP contribution is 2.31. The smallest absolute Gasteiger partial charge is 0.242 e. The van der Waals surface area contributed by atoms with E-state index in [1.54, 1.807) is 4.90 Å². The number of thiophene rings is 1. The van der Waals surface area contributed by atoms with Crippen LogP contribution in [0.4, 0.5) is 5.69 Å². The number of carbonyl (C=O) groups excluding carboxylic acids is 2. The first-order valence-electron chi connectivity index (χ1n) is 10.6. The Bertz CT molecular complexity index is 859. The molecule has 0 bridgehead atoms. The summed E-state index contributed by atoms with van der Waals surface area (Å²) in [6.07, 6.45) is 2.14. The SMILES string of the molecule is CC(=O)N1CCN(CCCCN2CCN(c3cccc4sccc34)CC2)C(=O)C1. The van der Waals surface area contributed by atoms with Crippen molar-refractivity contribution in [1.29, 1.82) is 0 Å². The normalized spacial score (nSPS) is 18.7. The molecule has 1 aromatic heterocycles. The highest BCUT2D eigenvalue weighted by Gasteiger charge is 2.25. The van der Waals surface area contributed by atoms with Crippen LogP contribution in [0.3, 0.4) is 0 Å². The maximum absolute atomic E-state index is 12.2. The van der Waals surface area contributed by atoms with Crippen LogP contribution < -0.4 is 4.90 Å². The number of anilines is 1. The van der Waals surface area contributed by atoms with Gasteiger partial charge in [0.1, 0.15) is 0 Å². The minimum Gasteiger partial charge on any atom is -0.368 e. The molecule has 29 heavy (non-hydrogen) atoms. The number of piperazine rings is 2. The molecule has 0 unspecified atom stereocenters. The standard InChI is InChI=1S/C22H30N4O2S/c1-18(27)26-15-14-25(22(28)17-26)9-3-2-8-23-10-12-24(13-11-23)20-5-4-6-21-19(20)7-16-29-21/h4-7,16H,2-3,8-15,17H2,1H3. The minimum absolute atomic E-state index is 0.00706. The van der Waals surface area contributed by atoms with Gasteiger partial charge in [-0.1, -0.05) is 6.07 Å². The predicted octanol–water partition coefficient (Wildman–Crippen LogP) is 2.49. The van der Waals surface area contributed by atoms with Gasteiger partial charge in [0, 0.05) is 68.5 Å². The van der Waals surface area contributed by atoms with E-state index in [0.29, 0.717) is 13.1 Å². The Labute approximate surface area is 176 Å². The Balaban J connectivity index is 1.17. The van der Waals surface area contributed by atoms with Crippen molar-refractivity contribution in [3.8, 4) is 0 Å². The molecule has 2 aliphatic rings. The summed E-state index contributed by atoms with van der Waals surface area (Å²) >= 11 is 1.81. The van der Waals surface area contributed by atoms with Crippen molar-refractivity contribution in [3.63, 3.8) is 0 Å². The molecule has 0 N–H and O–H groups in total. The van der Waals surface area contributed by atoms with Crippen molar-refractivity contribution in [1.82, 2.24) is 14.7 Å². The van der Waals surface area contributed by atoms with Gasteiger partial charge in [0.15, 0.2) is 0 Å². The Morgan fingerprint density at radius 1 is 1.00 bits per heavy atom. The zero-order valence-corrected chi connectivity index (χ0v) is 18.0. The summed E-state index contributed by atoms with van der Waals surface area (Å²) < 4.78 is 1.36. The van der Waals surface area contributed by atoms with Gasteiger partial charge in [0.05, 0.1) is 6.54 Å². The van der Waals surface area contributed by atoms with E-state index in [1.165, 1.54) is 22.7 Å². The third kappa shape index (κ3) is 4.73. The van der Waals surface area contributed by atoms with Crippen LogP contribution in [0.1, 0.15) is 19.8 Å². The van der Waals surface area contributed by atoms with Crippen molar-refractivity contribution in [3.05, 3.63) is 29.6 Å². The maximum Gasteiger partial charge on any atom is 0.242 e. The van der Waals surface area contributed by atoms with E-state index < -0.39 is 0 Å². The fourth-order valence-electron chi connectivity index (χ4n) is 4.32. The van der Waals surface area contributed by atoms with E-state index in [4.69, 9.17) is 0 Å². The first-order valence-corrected chi connectivity index (χ1v) is 11.5. The second-order valence-electron chi connectivity index (χ2n) is 7.97. The molecule has 2 fully saturated rings. The van der Waals surface area contributed by atoms with Gasteiger partial charge in [0.25, 0.3) is 0 Å². The lowest BCUT2D eigenvalue weighted by Crippen LogP contribution is -2.52. The number of hydrogen-bond acceptors (Lipinski definition) is 5. The van der Waals surface area contributed by atoms with Crippen molar-refractivity contribution < 1.29 is 9.59 Å². The van der Waals surface area contributed by atoms with Crippen LogP contribution in [-0.4, -0.2) is 85.4 Å². The Kier molecular flexibility index (Phi) is 6.35. The van der Waals surface area contributed by atoms with Crippen LogP contribution in [0, 0.1) is 0 Å². The first-order chi connectivity index (χ1) is 14.1. The third-order valence-electron chi connectivity index (χ3n) is 6.10. The fraction of sp³-hybridized carbons (Fsp3) is 0.545. The molecule has 0 radical (unpaired) electrons. The molecule has 2 aliphatic heterocycles. The largest absolute Gasteiger partial charge is 0.368 e. The minimum atomic E-state index is -0.00706. The average molecular weight is 415 g/mol. The highest BCUT2D eigenvalue weighted by molar-refractivity contribution is 7.17. The second-order valence-corrected chi connectivity index (χ2v) is 8.91. The highest BCUT2D eigenvalue weighted by atomic mass is 32.1. The van der Waals surface area contributed by atoms with E-state index in [1.807, 2.05) is 16.2 Å². The van der Waals surface area contributed by atoms with Crippen LogP contribution in [0.15, 0.2) is 29.6 Å². The topological polar surface area (TPSA) is 47.1 Å². The zero-order chi connectivity index (χ0) is 20.2. The van der Waals surface area contributed by atoms with Gasteiger partial charge >= 0.3 is 0 Å². The molecule has 0 saturated carbocycles.